The number of rotatable bonds is 6. The molecule has 1 aromatic heterocycles. The van der Waals surface area contributed by atoms with Gasteiger partial charge in [-0.2, -0.15) is 0 Å². The van der Waals surface area contributed by atoms with E-state index in [-0.39, 0.29) is 0 Å². The highest BCUT2D eigenvalue weighted by Crippen LogP contribution is 2.43. The van der Waals surface area contributed by atoms with E-state index in [9.17, 15) is 0 Å². The lowest BCUT2D eigenvalue weighted by Gasteiger charge is -2.42. The molecule has 0 aromatic carbocycles. The van der Waals surface area contributed by atoms with E-state index in [0.717, 1.165) is 29.9 Å². The smallest absolute Gasteiger partial charge is 0.126 e. The Morgan fingerprint density at radius 1 is 1.50 bits per heavy atom. The first kappa shape index (κ1) is 13.8. The predicted molar refractivity (Wildman–Crippen MR) is 77.9 cm³/mol. The number of ether oxygens (including phenoxy) is 1. The van der Waals surface area contributed by atoms with Gasteiger partial charge in [-0.1, -0.05) is 6.42 Å². The minimum atomic E-state index is 0.429. The molecule has 0 amide bonds. The number of pyridine rings is 1. The monoisotopic (exact) mass is 312 g/mol. The van der Waals surface area contributed by atoms with E-state index in [2.05, 4.69) is 39.2 Å². The molecule has 0 atom stereocenters. The standard InChI is InChI=1S/C14H21BrN2O/c1-11-8-13(16-9-12(11)15)17-10-14(4-3-5-14)6-7-18-2/h8-9H,3-7,10H2,1-2H3,(H,16,17). The molecule has 3 nitrogen and oxygen atoms in total. The lowest BCUT2D eigenvalue weighted by Crippen LogP contribution is -2.37. The number of hydrogen-bond acceptors (Lipinski definition) is 3. The molecule has 100 valence electrons. The van der Waals surface area contributed by atoms with Gasteiger partial charge in [0, 0.05) is 30.9 Å². The van der Waals surface area contributed by atoms with Crippen LogP contribution >= 0.6 is 15.9 Å². The molecule has 0 radical (unpaired) electrons. The molecule has 1 N–H and O–H groups in total. The molecule has 0 spiro atoms. The van der Waals surface area contributed by atoms with E-state index in [1.165, 1.54) is 24.8 Å². The molecule has 18 heavy (non-hydrogen) atoms. The highest BCUT2D eigenvalue weighted by Gasteiger charge is 2.36. The number of hydrogen-bond donors (Lipinski definition) is 1. The molecule has 1 heterocycles. The maximum Gasteiger partial charge on any atom is 0.126 e. The van der Waals surface area contributed by atoms with Crippen molar-refractivity contribution in [3.05, 3.63) is 22.3 Å². The van der Waals surface area contributed by atoms with Gasteiger partial charge in [0.2, 0.25) is 0 Å². The van der Waals surface area contributed by atoms with Gasteiger partial charge in [-0.05, 0) is 59.2 Å². The van der Waals surface area contributed by atoms with Gasteiger partial charge in [0.25, 0.3) is 0 Å². The Morgan fingerprint density at radius 3 is 2.83 bits per heavy atom. The third-order valence-corrected chi connectivity index (χ3v) is 4.77. The van der Waals surface area contributed by atoms with Gasteiger partial charge >= 0.3 is 0 Å². The van der Waals surface area contributed by atoms with Crippen molar-refractivity contribution in [2.75, 3.05) is 25.6 Å². The van der Waals surface area contributed by atoms with Crippen LogP contribution in [-0.2, 0) is 4.74 Å². The molecule has 2 rings (SSSR count). The zero-order valence-corrected chi connectivity index (χ0v) is 12.7. The van der Waals surface area contributed by atoms with Crippen molar-refractivity contribution in [2.45, 2.75) is 32.6 Å². The highest BCUT2D eigenvalue weighted by atomic mass is 79.9. The van der Waals surface area contributed by atoms with Crippen molar-refractivity contribution < 1.29 is 4.74 Å². The fraction of sp³-hybridized carbons (Fsp3) is 0.643. The highest BCUT2D eigenvalue weighted by molar-refractivity contribution is 9.10. The van der Waals surface area contributed by atoms with Gasteiger partial charge in [0.15, 0.2) is 0 Å². The Balaban J connectivity index is 1.91. The van der Waals surface area contributed by atoms with Crippen molar-refractivity contribution >= 4 is 21.7 Å². The van der Waals surface area contributed by atoms with Crippen LogP contribution in [0.15, 0.2) is 16.7 Å². The summed E-state index contributed by atoms with van der Waals surface area (Å²) in [5.41, 5.74) is 1.64. The largest absolute Gasteiger partial charge is 0.385 e. The second kappa shape index (κ2) is 6.02. The summed E-state index contributed by atoms with van der Waals surface area (Å²) in [6.07, 6.45) is 6.96. The molecular formula is C14H21BrN2O. The average molecular weight is 313 g/mol. The Bertz CT molecular complexity index is 405. The minimum Gasteiger partial charge on any atom is -0.385 e. The summed E-state index contributed by atoms with van der Waals surface area (Å²) in [7, 11) is 1.78. The first-order valence-electron chi connectivity index (χ1n) is 6.50. The first-order valence-corrected chi connectivity index (χ1v) is 7.29. The number of nitrogens with zero attached hydrogens (tertiary/aromatic N) is 1. The Morgan fingerprint density at radius 2 is 2.28 bits per heavy atom. The quantitative estimate of drug-likeness (QED) is 0.868. The van der Waals surface area contributed by atoms with Gasteiger partial charge in [0.1, 0.15) is 5.82 Å². The topological polar surface area (TPSA) is 34.1 Å². The molecule has 0 unspecified atom stereocenters. The van der Waals surface area contributed by atoms with Crippen LogP contribution in [0, 0.1) is 12.3 Å². The van der Waals surface area contributed by atoms with Gasteiger partial charge in [0.05, 0.1) is 0 Å². The predicted octanol–water partition coefficient (Wildman–Crippen LogP) is 3.77. The van der Waals surface area contributed by atoms with E-state index in [1.54, 1.807) is 7.11 Å². The molecular weight excluding hydrogens is 292 g/mol. The van der Waals surface area contributed by atoms with E-state index >= 15 is 0 Å². The first-order chi connectivity index (χ1) is 8.65. The van der Waals surface area contributed by atoms with Crippen LogP contribution in [0.5, 0.6) is 0 Å². The third kappa shape index (κ3) is 3.23. The van der Waals surface area contributed by atoms with Crippen LogP contribution in [0.4, 0.5) is 5.82 Å². The number of aryl methyl sites for hydroxylation is 1. The fourth-order valence-corrected chi connectivity index (χ4v) is 2.64. The molecule has 1 saturated carbocycles. The van der Waals surface area contributed by atoms with Crippen LogP contribution < -0.4 is 5.32 Å². The summed E-state index contributed by atoms with van der Waals surface area (Å²) < 4.78 is 6.27. The summed E-state index contributed by atoms with van der Waals surface area (Å²) in [4.78, 5) is 4.39. The summed E-state index contributed by atoms with van der Waals surface area (Å²) in [6.45, 7) is 3.94. The van der Waals surface area contributed by atoms with E-state index in [1.807, 2.05) is 6.20 Å². The molecule has 1 aromatic rings. The number of aromatic nitrogens is 1. The second-order valence-corrected chi connectivity index (χ2v) is 6.12. The summed E-state index contributed by atoms with van der Waals surface area (Å²) in [5.74, 6) is 0.972. The summed E-state index contributed by atoms with van der Waals surface area (Å²) >= 11 is 3.47. The van der Waals surface area contributed by atoms with Gasteiger partial charge < -0.3 is 10.1 Å². The van der Waals surface area contributed by atoms with Crippen LogP contribution in [-0.4, -0.2) is 25.2 Å². The molecule has 1 fully saturated rings. The minimum absolute atomic E-state index is 0.429. The molecule has 0 bridgehead atoms. The zero-order valence-electron chi connectivity index (χ0n) is 11.1. The van der Waals surface area contributed by atoms with Gasteiger partial charge in [-0.25, -0.2) is 4.98 Å². The van der Waals surface area contributed by atoms with Crippen LogP contribution in [0.2, 0.25) is 0 Å². The van der Waals surface area contributed by atoms with Crippen molar-refractivity contribution in [1.82, 2.24) is 4.98 Å². The van der Waals surface area contributed by atoms with Gasteiger partial charge in [-0.3, -0.25) is 0 Å². The Labute approximate surface area is 117 Å². The van der Waals surface area contributed by atoms with E-state index < -0.39 is 0 Å². The summed E-state index contributed by atoms with van der Waals surface area (Å²) in [5, 5.41) is 3.48. The van der Waals surface area contributed by atoms with Crippen molar-refractivity contribution in [1.29, 1.82) is 0 Å². The van der Waals surface area contributed by atoms with Crippen molar-refractivity contribution in [3.63, 3.8) is 0 Å². The number of halogens is 1. The Hall–Kier alpha value is -0.610. The van der Waals surface area contributed by atoms with Crippen molar-refractivity contribution in [3.8, 4) is 0 Å². The summed E-state index contributed by atoms with van der Waals surface area (Å²) in [6, 6.07) is 2.09. The number of anilines is 1. The molecule has 0 saturated heterocycles. The normalized spacial score (nSPS) is 17.3. The number of nitrogens with one attached hydrogen (secondary N) is 1. The number of methoxy groups -OCH3 is 1. The second-order valence-electron chi connectivity index (χ2n) is 5.27. The average Bonchev–Trinajstić information content (AvgIpc) is 2.32. The van der Waals surface area contributed by atoms with Gasteiger partial charge in [-0.15, -0.1) is 0 Å². The van der Waals surface area contributed by atoms with E-state index in [0.29, 0.717) is 5.41 Å². The third-order valence-electron chi connectivity index (χ3n) is 3.94. The maximum atomic E-state index is 5.21. The van der Waals surface area contributed by atoms with Crippen LogP contribution in [0.1, 0.15) is 31.2 Å². The fourth-order valence-electron chi connectivity index (χ4n) is 2.42. The molecule has 1 aliphatic rings. The Kier molecular flexibility index (Phi) is 4.62. The van der Waals surface area contributed by atoms with Crippen LogP contribution in [0.3, 0.4) is 0 Å². The van der Waals surface area contributed by atoms with Crippen LogP contribution in [0.25, 0.3) is 0 Å². The van der Waals surface area contributed by atoms with E-state index in [4.69, 9.17) is 4.74 Å². The zero-order chi connectivity index (χ0) is 13.0. The molecule has 0 aliphatic heterocycles. The van der Waals surface area contributed by atoms with Crippen molar-refractivity contribution in [2.24, 2.45) is 5.41 Å². The SMILES string of the molecule is COCCC1(CNc2cc(C)c(Br)cn2)CCC1. The molecule has 4 heteroatoms. The maximum absolute atomic E-state index is 5.21. The lowest BCUT2D eigenvalue weighted by atomic mass is 9.67. The lowest BCUT2D eigenvalue weighted by molar-refractivity contribution is 0.0812. The molecule has 1 aliphatic carbocycles.